The molecular weight excluding hydrogens is 493 g/mol. The monoisotopic (exact) mass is 509 g/mol. The molecule has 0 aromatic heterocycles. The van der Waals surface area contributed by atoms with Gasteiger partial charge in [-0.15, -0.1) is 0 Å². The van der Waals surface area contributed by atoms with Crippen LogP contribution in [0.3, 0.4) is 0 Å². The first-order valence-electron chi connectivity index (χ1n) is 10.2. The summed E-state index contributed by atoms with van der Waals surface area (Å²) in [6.07, 6.45) is -5.98. The highest BCUT2D eigenvalue weighted by Crippen LogP contribution is 2.41. The predicted octanol–water partition coefficient (Wildman–Crippen LogP) is 6.22. The Bertz CT molecular complexity index is 1330. The molecule has 0 fully saturated rings. The zero-order valence-electron chi connectivity index (χ0n) is 18.0. The highest BCUT2D eigenvalue weighted by molar-refractivity contribution is 6.31. The lowest BCUT2D eigenvalue weighted by molar-refractivity contribution is -0.127. The molecule has 35 heavy (non-hydrogen) atoms. The van der Waals surface area contributed by atoms with Gasteiger partial charge in [0.1, 0.15) is 11.6 Å². The van der Waals surface area contributed by atoms with Crippen LogP contribution in [-0.4, -0.2) is 25.2 Å². The summed E-state index contributed by atoms with van der Waals surface area (Å²) in [5.41, 5.74) is 0.418. The van der Waals surface area contributed by atoms with Crippen LogP contribution in [0.4, 0.5) is 38.1 Å². The molecule has 1 heterocycles. The van der Waals surface area contributed by atoms with Gasteiger partial charge in [0.05, 0.1) is 18.2 Å². The van der Waals surface area contributed by atoms with Crippen molar-refractivity contribution in [3.63, 3.8) is 0 Å². The van der Waals surface area contributed by atoms with Crippen molar-refractivity contribution in [1.82, 2.24) is 5.32 Å². The van der Waals surface area contributed by atoms with Crippen LogP contribution in [0, 0.1) is 11.6 Å². The van der Waals surface area contributed by atoms with Crippen LogP contribution >= 0.6 is 11.6 Å². The first kappa shape index (κ1) is 24.5. The van der Waals surface area contributed by atoms with Crippen LogP contribution < -0.4 is 15.5 Å². The van der Waals surface area contributed by atoms with E-state index in [9.17, 15) is 31.5 Å². The summed E-state index contributed by atoms with van der Waals surface area (Å²) in [7, 11) is 1.49. The van der Waals surface area contributed by atoms with Crippen molar-refractivity contribution in [2.24, 2.45) is 0 Å². The molecule has 1 atom stereocenters. The van der Waals surface area contributed by atoms with E-state index in [4.69, 9.17) is 11.6 Å². The topological polar surface area (TPSA) is 61.4 Å². The molecule has 3 aromatic rings. The Labute approximate surface area is 201 Å². The second-order valence-electron chi connectivity index (χ2n) is 7.94. The summed E-state index contributed by atoms with van der Waals surface area (Å²) in [4.78, 5) is 26.7. The van der Waals surface area contributed by atoms with E-state index in [1.807, 2.05) is 0 Å². The Morgan fingerprint density at radius 3 is 2.54 bits per heavy atom. The first-order chi connectivity index (χ1) is 16.4. The minimum atomic E-state index is -4.58. The van der Waals surface area contributed by atoms with Gasteiger partial charge in [-0.1, -0.05) is 17.7 Å². The smallest absolute Gasteiger partial charge is 0.327 e. The van der Waals surface area contributed by atoms with Crippen LogP contribution in [0.25, 0.3) is 0 Å². The predicted molar refractivity (Wildman–Crippen MR) is 121 cm³/mol. The van der Waals surface area contributed by atoms with Crippen molar-refractivity contribution in [2.45, 2.75) is 18.6 Å². The molecule has 0 saturated carbocycles. The molecule has 0 aliphatic carbocycles. The van der Waals surface area contributed by atoms with E-state index < -0.39 is 47.8 Å². The molecule has 11 heteroatoms. The number of hydrogen-bond acceptors (Lipinski definition) is 2. The van der Waals surface area contributed by atoms with E-state index in [1.54, 1.807) is 12.1 Å². The molecule has 0 saturated heterocycles. The third kappa shape index (κ3) is 5.22. The van der Waals surface area contributed by atoms with Crippen molar-refractivity contribution < 1.29 is 31.5 Å². The maximum Gasteiger partial charge on any atom is 0.393 e. The van der Waals surface area contributed by atoms with Gasteiger partial charge in [-0.2, -0.15) is 13.2 Å². The van der Waals surface area contributed by atoms with Gasteiger partial charge >= 0.3 is 12.2 Å². The standard InChI is InChI=1S/C24H17ClF5N3O2/c1-33-19-4-2-3-18(20(19)21(32-23(33)35)16-10-14(26)5-6-17(16)25)31-22(34)13-7-12(8-15(27)9-13)11-24(28,29)30/h2-10,21H,11H2,1H3,(H,31,34)(H,32,35). The first-order valence-corrected chi connectivity index (χ1v) is 10.6. The lowest BCUT2D eigenvalue weighted by Crippen LogP contribution is -2.45. The average Bonchev–Trinajstić information content (AvgIpc) is 2.76. The molecular formula is C24H17ClF5N3O2. The lowest BCUT2D eigenvalue weighted by atomic mass is 9.93. The molecule has 4 rings (SSSR count). The minimum absolute atomic E-state index is 0.162. The fourth-order valence-corrected chi connectivity index (χ4v) is 4.16. The number of carbonyl (C=O) groups is 2. The highest BCUT2D eigenvalue weighted by atomic mass is 35.5. The number of benzene rings is 3. The summed E-state index contributed by atoms with van der Waals surface area (Å²) in [5.74, 6) is -2.47. The van der Waals surface area contributed by atoms with Crippen LogP contribution in [-0.2, 0) is 6.42 Å². The summed E-state index contributed by atoms with van der Waals surface area (Å²) in [6, 6.07) is 9.30. The van der Waals surface area contributed by atoms with E-state index in [0.717, 1.165) is 24.3 Å². The Hall–Kier alpha value is -3.66. The molecule has 0 bridgehead atoms. The molecule has 1 unspecified atom stereocenters. The molecule has 2 N–H and O–H groups in total. The molecule has 1 aliphatic rings. The fourth-order valence-electron chi connectivity index (χ4n) is 3.94. The minimum Gasteiger partial charge on any atom is -0.327 e. The van der Waals surface area contributed by atoms with E-state index >= 15 is 0 Å². The van der Waals surface area contributed by atoms with E-state index in [2.05, 4.69) is 10.6 Å². The van der Waals surface area contributed by atoms with E-state index in [1.165, 1.54) is 24.1 Å². The number of nitrogens with zero attached hydrogens (tertiary/aromatic N) is 1. The quantitative estimate of drug-likeness (QED) is 0.410. The molecule has 182 valence electrons. The van der Waals surface area contributed by atoms with Gasteiger partial charge in [-0.25, -0.2) is 13.6 Å². The average molecular weight is 510 g/mol. The Balaban J connectivity index is 1.76. The number of halogens is 6. The van der Waals surface area contributed by atoms with Crippen molar-refractivity contribution >= 4 is 34.9 Å². The van der Waals surface area contributed by atoms with Crippen molar-refractivity contribution in [1.29, 1.82) is 0 Å². The normalized spacial score (nSPS) is 15.5. The highest BCUT2D eigenvalue weighted by Gasteiger charge is 2.34. The number of anilines is 2. The zero-order valence-corrected chi connectivity index (χ0v) is 18.8. The fraction of sp³-hybridized carbons (Fsp3) is 0.167. The van der Waals surface area contributed by atoms with Gasteiger partial charge in [0.2, 0.25) is 0 Å². The van der Waals surface area contributed by atoms with Crippen LogP contribution in [0.15, 0.2) is 54.6 Å². The second-order valence-corrected chi connectivity index (χ2v) is 8.35. The van der Waals surface area contributed by atoms with Gasteiger partial charge < -0.3 is 10.6 Å². The van der Waals surface area contributed by atoms with E-state index in [0.29, 0.717) is 17.3 Å². The third-order valence-corrected chi connectivity index (χ3v) is 5.79. The van der Waals surface area contributed by atoms with Crippen molar-refractivity contribution in [2.75, 3.05) is 17.3 Å². The Kier molecular flexibility index (Phi) is 6.42. The largest absolute Gasteiger partial charge is 0.393 e. The molecule has 0 radical (unpaired) electrons. The number of carbonyl (C=O) groups excluding carboxylic acids is 2. The number of urea groups is 1. The summed E-state index contributed by atoms with van der Waals surface area (Å²) < 4.78 is 66.3. The maximum absolute atomic E-state index is 14.0. The second kappa shape index (κ2) is 9.18. The number of hydrogen-bond donors (Lipinski definition) is 2. The molecule has 3 amide bonds. The van der Waals surface area contributed by atoms with Gasteiger partial charge in [0.15, 0.2) is 0 Å². The number of alkyl halides is 3. The van der Waals surface area contributed by atoms with Crippen molar-refractivity contribution in [3.8, 4) is 0 Å². The maximum atomic E-state index is 14.0. The van der Waals surface area contributed by atoms with Crippen LogP contribution in [0.5, 0.6) is 0 Å². The number of amides is 3. The Morgan fingerprint density at radius 1 is 1.09 bits per heavy atom. The summed E-state index contributed by atoms with van der Waals surface area (Å²) in [6.45, 7) is 0. The number of fused-ring (bicyclic) bond motifs is 1. The summed E-state index contributed by atoms with van der Waals surface area (Å²) in [5, 5.41) is 5.44. The molecule has 5 nitrogen and oxygen atoms in total. The van der Waals surface area contributed by atoms with Gasteiger partial charge in [-0.3, -0.25) is 9.69 Å². The third-order valence-electron chi connectivity index (χ3n) is 5.45. The Morgan fingerprint density at radius 2 is 1.83 bits per heavy atom. The zero-order chi connectivity index (χ0) is 25.5. The van der Waals surface area contributed by atoms with Gasteiger partial charge in [-0.05, 0) is 54.1 Å². The number of nitrogens with one attached hydrogen (secondary N) is 2. The number of rotatable bonds is 4. The summed E-state index contributed by atoms with van der Waals surface area (Å²) >= 11 is 6.27. The van der Waals surface area contributed by atoms with Gasteiger partial charge in [0.25, 0.3) is 5.91 Å². The van der Waals surface area contributed by atoms with Crippen LogP contribution in [0.1, 0.15) is 33.1 Å². The van der Waals surface area contributed by atoms with Crippen LogP contribution in [0.2, 0.25) is 5.02 Å². The molecule has 0 spiro atoms. The lowest BCUT2D eigenvalue weighted by Gasteiger charge is -2.35. The van der Waals surface area contributed by atoms with Gasteiger partial charge in [0, 0.05) is 34.4 Å². The van der Waals surface area contributed by atoms with E-state index in [-0.39, 0.29) is 21.8 Å². The SMILES string of the molecule is CN1C(=O)NC(c2cc(F)ccc2Cl)c2c(NC(=O)c3cc(F)cc(CC(F)(F)F)c3)cccc21. The molecule has 3 aromatic carbocycles. The van der Waals surface area contributed by atoms with Crippen molar-refractivity contribution in [3.05, 3.63) is 93.5 Å². The molecule has 1 aliphatic heterocycles.